The minimum absolute atomic E-state index is 0.00997. The molecule has 112 valence electrons. The first-order valence-corrected chi connectivity index (χ1v) is 7.98. The van der Waals surface area contributed by atoms with Gasteiger partial charge in [-0.2, -0.15) is 0 Å². The third kappa shape index (κ3) is 2.17. The quantitative estimate of drug-likeness (QED) is 0.887. The molecule has 0 spiro atoms. The van der Waals surface area contributed by atoms with E-state index in [0.717, 1.165) is 12.8 Å². The molecule has 1 aromatic rings. The van der Waals surface area contributed by atoms with Gasteiger partial charge in [0.15, 0.2) is 0 Å². The van der Waals surface area contributed by atoms with Gasteiger partial charge in [-0.3, -0.25) is 4.79 Å². The third-order valence-electron chi connectivity index (χ3n) is 5.33. The van der Waals surface area contributed by atoms with Crippen LogP contribution in [0.4, 0.5) is 0 Å². The summed E-state index contributed by atoms with van der Waals surface area (Å²) < 4.78 is 5.56. The molecule has 2 fully saturated rings. The second-order valence-corrected chi connectivity index (χ2v) is 6.47. The van der Waals surface area contributed by atoms with E-state index in [0.29, 0.717) is 44.0 Å². The summed E-state index contributed by atoms with van der Waals surface area (Å²) >= 11 is 0. The molecular weight excluding hydrogens is 264 g/mol. The summed E-state index contributed by atoms with van der Waals surface area (Å²) in [4.78, 5) is 14.8. The number of ether oxygens (including phenoxy) is 1. The maximum absolute atomic E-state index is 12.8. The molecule has 0 radical (unpaired) electrons. The summed E-state index contributed by atoms with van der Waals surface area (Å²) in [5, 5.41) is 0. The standard InChI is InChI=1S/C17H22N2O2/c18-9-12-10-19(7-8-21-12)17(20)16-14-6-5-11-3-1-2-4-13(11)15(14)16/h1-4,12,14-16H,5-10,18H2. The van der Waals surface area contributed by atoms with Crippen LogP contribution in [0, 0.1) is 11.8 Å². The van der Waals surface area contributed by atoms with Crippen molar-refractivity contribution < 1.29 is 9.53 Å². The molecule has 1 aromatic carbocycles. The third-order valence-corrected chi connectivity index (χ3v) is 5.33. The van der Waals surface area contributed by atoms with Gasteiger partial charge in [0, 0.05) is 25.6 Å². The number of nitrogens with two attached hydrogens (primary N) is 1. The Bertz CT molecular complexity index is 559. The second-order valence-electron chi connectivity index (χ2n) is 6.47. The van der Waals surface area contributed by atoms with Crippen molar-refractivity contribution in [2.45, 2.75) is 24.9 Å². The van der Waals surface area contributed by atoms with Crippen molar-refractivity contribution in [3.63, 3.8) is 0 Å². The van der Waals surface area contributed by atoms with Gasteiger partial charge in [-0.15, -0.1) is 0 Å². The van der Waals surface area contributed by atoms with Gasteiger partial charge in [-0.25, -0.2) is 0 Å². The summed E-state index contributed by atoms with van der Waals surface area (Å²) in [7, 11) is 0. The maximum atomic E-state index is 12.8. The lowest BCUT2D eigenvalue weighted by Crippen LogP contribution is -2.48. The van der Waals surface area contributed by atoms with Crippen LogP contribution < -0.4 is 5.73 Å². The van der Waals surface area contributed by atoms with E-state index in [1.54, 1.807) is 0 Å². The normalized spacial score (nSPS) is 34.0. The summed E-state index contributed by atoms with van der Waals surface area (Å²) in [6, 6.07) is 8.62. The molecule has 1 saturated heterocycles. The van der Waals surface area contributed by atoms with E-state index in [1.807, 2.05) is 4.90 Å². The molecule has 4 rings (SSSR count). The smallest absolute Gasteiger partial charge is 0.226 e. The van der Waals surface area contributed by atoms with Gasteiger partial charge in [0.25, 0.3) is 0 Å². The van der Waals surface area contributed by atoms with Crippen molar-refractivity contribution in [2.24, 2.45) is 17.6 Å². The molecule has 4 atom stereocenters. The highest BCUT2D eigenvalue weighted by Crippen LogP contribution is 2.60. The summed E-state index contributed by atoms with van der Waals surface area (Å²) in [6.07, 6.45) is 2.29. The zero-order valence-corrected chi connectivity index (χ0v) is 12.2. The molecule has 0 bridgehead atoms. The monoisotopic (exact) mass is 286 g/mol. The molecule has 3 aliphatic rings. The van der Waals surface area contributed by atoms with Gasteiger partial charge in [-0.1, -0.05) is 24.3 Å². The number of hydrogen-bond donors (Lipinski definition) is 1. The number of amides is 1. The van der Waals surface area contributed by atoms with Crippen LogP contribution in [0.25, 0.3) is 0 Å². The van der Waals surface area contributed by atoms with Crippen LogP contribution in [-0.4, -0.2) is 43.2 Å². The van der Waals surface area contributed by atoms with Crippen LogP contribution in [0.1, 0.15) is 23.5 Å². The van der Waals surface area contributed by atoms with Crippen LogP contribution in [0.3, 0.4) is 0 Å². The Hall–Kier alpha value is -1.39. The fourth-order valence-corrected chi connectivity index (χ4v) is 4.18. The Labute approximate surface area is 125 Å². The summed E-state index contributed by atoms with van der Waals surface area (Å²) in [5.41, 5.74) is 8.53. The average molecular weight is 286 g/mol. The molecule has 4 heteroatoms. The predicted octanol–water partition coefficient (Wildman–Crippen LogP) is 1.15. The summed E-state index contributed by atoms with van der Waals surface area (Å²) in [5.74, 6) is 1.54. The molecule has 0 aromatic heterocycles. The minimum atomic E-state index is 0.00997. The fraction of sp³-hybridized carbons (Fsp3) is 0.588. The van der Waals surface area contributed by atoms with Gasteiger partial charge >= 0.3 is 0 Å². The number of fused-ring (bicyclic) bond motifs is 3. The Morgan fingerprint density at radius 2 is 2.24 bits per heavy atom. The largest absolute Gasteiger partial charge is 0.373 e. The van der Waals surface area contributed by atoms with E-state index in [1.165, 1.54) is 11.1 Å². The number of carbonyl (C=O) groups is 1. The molecule has 4 unspecified atom stereocenters. The highest BCUT2D eigenvalue weighted by molar-refractivity contribution is 5.84. The lowest BCUT2D eigenvalue weighted by molar-refractivity contribution is -0.140. The molecule has 1 amide bonds. The van der Waals surface area contributed by atoms with E-state index < -0.39 is 0 Å². The Balaban J connectivity index is 1.50. The van der Waals surface area contributed by atoms with Gasteiger partial charge in [0.05, 0.1) is 12.7 Å². The SMILES string of the molecule is NCC1CN(C(=O)C2C3CCc4ccccc4C32)CCO1. The first kappa shape index (κ1) is 13.3. The van der Waals surface area contributed by atoms with E-state index in [2.05, 4.69) is 24.3 Å². The zero-order valence-electron chi connectivity index (χ0n) is 12.2. The first-order chi connectivity index (χ1) is 10.3. The number of aryl methyl sites for hydroxylation is 1. The van der Waals surface area contributed by atoms with Gasteiger partial charge in [0.1, 0.15) is 0 Å². The molecule has 1 aliphatic heterocycles. The van der Waals surface area contributed by atoms with Crippen molar-refractivity contribution in [1.82, 2.24) is 4.90 Å². The second kappa shape index (κ2) is 5.11. The van der Waals surface area contributed by atoms with Crippen LogP contribution in [0.15, 0.2) is 24.3 Å². The number of carbonyl (C=O) groups excluding carboxylic acids is 1. The fourth-order valence-electron chi connectivity index (χ4n) is 4.18. The number of rotatable bonds is 2. The first-order valence-electron chi connectivity index (χ1n) is 7.98. The molecular formula is C17H22N2O2. The van der Waals surface area contributed by atoms with Gasteiger partial charge in [-0.05, 0) is 35.8 Å². The van der Waals surface area contributed by atoms with Crippen molar-refractivity contribution in [1.29, 1.82) is 0 Å². The lowest BCUT2D eigenvalue weighted by atomic mass is 9.92. The Morgan fingerprint density at radius 1 is 1.38 bits per heavy atom. The van der Waals surface area contributed by atoms with Crippen molar-refractivity contribution in [3.8, 4) is 0 Å². The predicted molar refractivity (Wildman–Crippen MR) is 79.9 cm³/mol. The Morgan fingerprint density at radius 3 is 3.10 bits per heavy atom. The van der Waals surface area contributed by atoms with E-state index >= 15 is 0 Å². The van der Waals surface area contributed by atoms with Crippen LogP contribution in [-0.2, 0) is 16.0 Å². The molecule has 4 nitrogen and oxygen atoms in total. The number of nitrogens with zero attached hydrogens (tertiary/aromatic N) is 1. The summed E-state index contributed by atoms with van der Waals surface area (Å²) in [6.45, 7) is 2.48. The highest BCUT2D eigenvalue weighted by Gasteiger charge is 2.58. The van der Waals surface area contributed by atoms with Crippen LogP contribution in [0.5, 0.6) is 0 Å². The topological polar surface area (TPSA) is 55.6 Å². The van der Waals surface area contributed by atoms with Gasteiger partial charge < -0.3 is 15.4 Å². The van der Waals surface area contributed by atoms with Crippen molar-refractivity contribution in [3.05, 3.63) is 35.4 Å². The molecule has 2 aliphatic carbocycles. The van der Waals surface area contributed by atoms with Crippen molar-refractivity contribution in [2.75, 3.05) is 26.2 Å². The van der Waals surface area contributed by atoms with Crippen molar-refractivity contribution >= 4 is 5.91 Å². The number of hydrogen-bond acceptors (Lipinski definition) is 3. The number of morpholine rings is 1. The minimum Gasteiger partial charge on any atom is -0.373 e. The molecule has 2 N–H and O–H groups in total. The van der Waals surface area contributed by atoms with E-state index in [-0.39, 0.29) is 12.0 Å². The van der Waals surface area contributed by atoms with Crippen LogP contribution >= 0.6 is 0 Å². The lowest BCUT2D eigenvalue weighted by Gasteiger charge is -2.32. The van der Waals surface area contributed by atoms with E-state index in [4.69, 9.17) is 10.5 Å². The molecule has 21 heavy (non-hydrogen) atoms. The maximum Gasteiger partial charge on any atom is 0.226 e. The molecule has 1 heterocycles. The van der Waals surface area contributed by atoms with Crippen LogP contribution in [0.2, 0.25) is 0 Å². The average Bonchev–Trinajstić information content (AvgIpc) is 3.29. The zero-order chi connectivity index (χ0) is 14.4. The Kier molecular flexibility index (Phi) is 3.23. The van der Waals surface area contributed by atoms with E-state index in [9.17, 15) is 4.79 Å². The molecule has 1 saturated carbocycles. The highest BCUT2D eigenvalue weighted by atomic mass is 16.5. The van der Waals surface area contributed by atoms with Gasteiger partial charge in [0.2, 0.25) is 5.91 Å². The number of benzene rings is 1.